The van der Waals surface area contributed by atoms with Crippen molar-refractivity contribution in [1.29, 1.82) is 0 Å². The van der Waals surface area contributed by atoms with Crippen LogP contribution in [0.1, 0.15) is 79.6 Å². The summed E-state index contributed by atoms with van der Waals surface area (Å²) < 4.78 is 63.3. The van der Waals surface area contributed by atoms with Gasteiger partial charge in [0.25, 0.3) is 5.91 Å². The molecule has 0 spiro atoms. The van der Waals surface area contributed by atoms with E-state index < -0.39 is 86.4 Å². The van der Waals surface area contributed by atoms with Crippen molar-refractivity contribution >= 4 is 44.7 Å². The number of hydrogen-bond acceptors (Lipinski definition) is 12. The second kappa shape index (κ2) is 15.9. The maximum atomic E-state index is 14.8. The van der Waals surface area contributed by atoms with E-state index in [0.717, 1.165) is 0 Å². The summed E-state index contributed by atoms with van der Waals surface area (Å²) in [4.78, 5) is 66.6. The van der Waals surface area contributed by atoms with E-state index in [1.54, 1.807) is 45.0 Å². The Labute approximate surface area is 332 Å². The molecule has 3 fully saturated rings. The van der Waals surface area contributed by atoms with E-state index in [0.29, 0.717) is 35.9 Å². The molecule has 57 heavy (non-hydrogen) atoms. The van der Waals surface area contributed by atoms with Crippen LogP contribution < -0.4 is 29.6 Å². The van der Waals surface area contributed by atoms with Crippen LogP contribution in [0.25, 0.3) is 10.9 Å². The van der Waals surface area contributed by atoms with Gasteiger partial charge in [0.2, 0.25) is 27.7 Å². The number of hydrogen-bond donors (Lipinski definition) is 3. The molecule has 1 saturated heterocycles. The van der Waals surface area contributed by atoms with Crippen LogP contribution >= 0.6 is 0 Å². The van der Waals surface area contributed by atoms with Gasteiger partial charge in [-0.05, 0) is 83.3 Å². The van der Waals surface area contributed by atoms with Gasteiger partial charge in [0.15, 0.2) is 0 Å². The van der Waals surface area contributed by atoms with Crippen LogP contribution in [0.5, 0.6) is 17.6 Å². The van der Waals surface area contributed by atoms with Gasteiger partial charge < -0.3 is 34.5 Å². The molecular formula is C39H53FN6O10S. The highest BCUT2D eigenvalue weighted by Crippen LogP contribution is 2.48. The summed E-state index contributed by atoms with van der Waals surface area (Å²) in [5.41, 5.74) is -2.08. The van der Waals surface area contributed by atoms with Gasteiger partial charge in [0.05, 0.1) is 31.7 Å². The second-order valence-corrected chi connectivity index (χ2v) is 18.9. The number of sulfonamides is 1. The quantitative estimate of drug-likeness (QED) is 0.310. The Bertz CT molecular complexity index is 2030. The average Bonchev–Trinajstić information content (AvgIpc) is 4.05. The van der Waals surface area contributed by atoms with Crippen molar-refractivity contribution in [2.24, 2.45) is 17.8 Å². The van der Waals surface area contributed by atoms with Crippen molar-refractivity contribution in [3.63, 3.8) is 0 Å². The third-order valence-electron chi connectivity index (χ3n) is 11.2. The SMILES string of the molecule is COc1ccc2c(O[C@@H]3C[C@H]4C(=O)N[C@]5(C(=O)NS(=O)(=O)C6(CF)CC6)C[C@@H]5/C=C\CC[C@@H](C)C[C@@H](C)[C@H](NC(=O)OC(C)(C)C)C(=O)N4C3)nc(OC)nc2c1. The molecule has 0 unspecified atom stereocenters. The average molecular weight is 817 g/mol. The summed E-state index contributed by atoms with van der Waals surface area (Å²) >= 11 is 0. The summed E-state index contributed by atoms with van der Waals surface area (Å²) in [6, 6.07) is 2.76. The lowest BCUT2D eigenvalue weighted by molar-refractivity contribution is -0.142. The topological polar surface area (TPSA) is 204 Å². The zero-order valence-electron chi connectivity index (χ0n) is 33.4. The summed E-state index contributed by atoms with van der Waals surface area (Å²) in [5.74, 6) is -2.47. The largest absolute Gasteiger partial charge is 0.497 e. The molecule has 2 aromatic rings. The smallest absolute Gasteiger partial charge is 0.408 e. The van der Waals surface area contributed by atoms with Crippen molar-refractivity contribution in [3.05, 3.63) is 30.4 Å². The number of rotatable bonds is 9. The number of nitrogens with one attached hydrogen (secondary N) is 3. The lowest BCUT2D eigenvalue weighted by Gasteiger charge is -2.33. The van der Waals surface area contributed by atoms with Gasteiger partial charge in [0.1, 0.15) is 46.5 Å². The highest BCUT2D eigenvalue weighted by Gasteiger charge is 2.64. The molecule has 2 aliphatic heterocycles. The monoisotopic (exact) mass is 816 g/mol. The standard InChI is InChI=1S/C39H53FN6O10S/c1-22-10-8-9-11-24-19-39(24,34(49)45-57(51,52)38(21-40)14-15-38)44-31(47)29-18-26(55-32-27-13-12-25(53-6)17-28(27)41-35(43-32)54-7)20-46(29)33(48)30(23(2)16-22)42-36(50)56-37(3,4)5/h9,11-13,17,22-24,26,29-30H,8,10,14-16,18-21H2,1-7H3,(H,42,50)(H,44,47)(H,45,49)/b11-9-/t22-,23-,24+,26-,29+,30+,39-/m1/s1. The Balaban J connectivity index is 1.37. The van der Waals surface area contributed by atoms with Crippen LogP contribution in [-0.2, 0) is 29.1 Å². The molecule has 16 nitrogen and oxygen atoms in total. The Hall–Kier alpha value is -4.74. The maximum Gasteiger partial charge on any atom is 0.408 e. The zero-order valence-corrected chi connectivity index (χ0v) is 34.2. The van der Waals surface area contributed by atoms with Crippen molar-refractivity contribution in [2.45, 2.75) is 114 Å². The first kappa shape index (κ1) is 41.9. The first-order chi connectivity index (χ1) is 26.8. The van der Waals surface area contributed by atoms with Gasteiger partial charge in [-0.2, -0.15) is 9.97 Å². The molecule has 4 amide bonds. The third-order valence-corrected chi connectivity index (χ3v) is 13.4. The number of nitrogens with zero attached hydrogens (tertiary/aromatic N) is 3. The fourth-order valence-corrected chi connectivity index (χ4v) is 9.14. The Morgan fingerprint density at radius 3 is 2.47 bits per heavy atom. The van der Waals surface area contributed by atoms with Crippen LogP contribution in [0.4, 0.5) is 9.18 Å². The molecule has 18 heteroatoms. The Morgan fingerprint density at radius 1 is 1.09 bits per heavy atom. The van der Waals surface area contributed by atoms with Crippen LogP contribution in [0.2, 0.25) is 0 Å². The van der Waals surface area contributed by atoms with Crippen LogP contribution in [-0.4, -0.2) is 109 Å². The summed E-state index contributed by atoms with van der Waals surface area (Å²) in [7, 11) is -1.48. The minimum atomic E-state index is -4.40. The molecule has 0 radical (unpaired) electrons. The van der Waals surface area contributed by atoms with Gasteiger partial charge in [0, 0.05) is 18.4 Å². The summed E-state index contributed by atoms with van der Waals surface area (Å²) in [6.45, 7) is 7.76. The molecule has 3 N–H and O–H groups in total. The number of aromatic nitrogens is 2. The predicted octanol–water partition coefficient (Wildman–Crippen LogP) is 3.72. The summed E-state index contributed by atoms with van der Waals surface area (Å²) in [5, 5.41) is 6.10. The normalized spacial score (nSPS) is 29.4. The van der Waals surface area contributed by atoms with Gasteiger partial charge in [-0.25, -0.2) is 17.6 Å². The molecule has 2 aliphatic carbocycles. The molecule has 312 valence electrons. The maximum absolute atomic E-state index is 14.8. The number of amides is 4. The van der Waals surface area contributed by atoms with Gasteiger partial charge in [-0.1, -0.05) is 26.0 Å². The van der Waals surface area contributed by atoms with E-state index in [1.165, 1.54) is 19.1 Å². The summed E-state index contributed by atoms with van der Waals surface area (Å²) in [6.07, 6.45) is 4.11. The first-order valence-corrected chi connectivity index (χ1v) is 20.8. The van der Waals surface area contributed by atoms with Crippen molar-refractivity contribution in [2.75, 3.05) is 27.4 Å². The molecule has 2 saturated carbocycles. The molecule has 4 aliphatic rings. The number of alkyl halides is 1. The fourth-order valence-electron chi connectivity index (χ4n) is 7.71. The minimum absolute atomic E-state index is 0.00783. The highest BCUT2D eigenvalue weighted by molar-refractivity contribution is 7.91. The van der Waals surface area contributed by atoms with E-state index in [9.17, 15) is 32.0 Å². The molecule has 3 heterocycles. The van der Waals surface area contributed by atoms with E-state index >= 15 is 0 Å². The molecule has 1 aromatic heterocycles. The van der Waals surface area contributed by atoms with E-state index in [2.05, 4.69) is 25.3 Å². The van der Waals surface area contributed by atoms with Crippen molar-refractivity contribution in [1.82, 2.24) is 30.2 Å². The number of ether oxygens (including phenoxy) is 4. The fraction of sp³-hybridized carbons (Fsp3) is 0.641. The van der Waals surface area contributed by atoms with Gasteiger partial charge >= 0.3 is 12.1 Å². The number of carbonyl (C=O) groups is 4. The third kappa shape index (κ3) is 8.89. The van der Waals surface area contributed by atoms with Gasteiger partial charge in [-0.15, -0.1) is 0 Å². The van der Waals surface area contributed by atoms with Crippen LogP contribution in [0, 0.1) is 17.8 Å². The molecular weight excluding hydrogens is 764 g/mol. The number of halogens is 1. The van der Waals surface area contributed by atoms with Gasteiger partial charge in [-0.3, -0.25) is 19.1 Å². The number of carbonyl (C=O) groups excluding carboxylic acids is 4. The lowest BCUT2D eigenvalue weighted by Crippen LogP contribution is -2.59. The molecule has 6 rings (SSSR count). The molecule has 0 bridgehead atoms. The van der Waals surface area contributed by atoms with Crippen molar-refractivity contribution < 1.29 is 50.9 Å². The second-order valence-electron chi connectivity index (χ2n) is 16.9. The predicted molar refractivity (Wildman–Crippen MR) is 206 cm³/mol. The Morgan fingerprint density at radius 2 is 1.82 bits per heavy atom. The number of fused-ring (bicyclic) bond motifs is 3. The first-order valence-electron chi connectivity index (χ1n) is 19.3. The number of methoxy groups -OCH3 is 2. The van der Waals surface area contributed by atoms with E-state index in [1.807, 2.05) is 19.9 Å². The zero-order chi connectivity index (χ0) is 41.5. The molecule has 1 aromatic carbocycles. The number of benzene rings is 1. The van der Waals surface area contributed by atoms with E-state index in [4.69, 9.17) is 18.9 Å². The highest BCUT2D eigenvalue weighted by atomic mass is 32.2. The number of alkyl carbamates (subject to hydrolysis) is 1. The van der Waals surface area contributed by atoms with Crippen molar-refractivity contribution in [3.8, 4) is 17.6 Å². The van der Waals surface area contributed by atoms with Crippen LogP contribution in [0.15, 0.2) is 30.4 Å². The molecule has 7 atom stereocenters. The minimum Gasteiger partial charge on any atom is -0.497 e. The Kier molecular flexibility index (Phi) is 11.7. The lowest BCUT2D eigenvalue weighted by atomic mass is 9.88. The van der Waals surface area contributed by atoms with E-state index in [-0.39, 0.29) is 50.0 Å². The number of allylic oxidation sites excluding steroid dienone is 1. The van der Waals surface area contributed by atoms with Crippen LogP contribution in [0.3, 0.4) is 0 Å².